The summed E-state index contributed by atoms with van der Waals surface area (Å²) in [6.07, 6.45) is 3.60. The van der Waals surface area contributed by atoms with E-state index in [0.29, 0.717) is 12.1 Å². The molecule has 0 aliphatic carbocycles. The Labute approximate surface area is 93.7 Å². The van der Waals surface area contributed by atoms with Crippen molar-refractivity contribution in [2.75, 3.05) is 5.32 Å². The van der Waals surface area contributed by atoms with Gasteiger partial charge < -0.3 is 5.32 Å². The molecule has 4 nitrogen and oxygen atoms in total. The van der Waals surface area contributed by atoms with E-state index in [1.165, 1.54) is 5.56 Å². The molecule has 4 heteroatoms. The standard InChI is InChI=1S/C12H13N3O/c1-9-2-4-10(5-3-9)6-12(16)15-11-7-13-14-8-11/h2-5,7-8H,6H2,1H3,(H,13,14)(H,15,16). The minimum absolute atomic E-state index is 0.0368. The number of aryl methyl sites for hydroxylation is 1. The van der Waals surface area contributed by atoms with Gasteiger partial charge in [-0.3, -0.25) is 9.89 Å². The monoisotopic (exact) mass is 215 g/mol. The number of hydrogen-bond donors (Lipinski definition) is 2. The van der Waals surface area contributed by atoms with Gasteiger partial charge in [0, 0.05) is 6.20 Å². The predicted molar refractivity (Wildman–Crippen MR) is 62.1 cm³/mol. The van der Waals surface area contributed by atoms with Gasteiger partial charge in [-0.1, -0.05) is 29.8 Å². The van der Waals surface area contributed by atoms with Crippen LogP contribution in [0, 0.1) is 6.92 Å². The van der Waals surface area contributed by atoms with Crippen molar-refractivity contribution >= 4 is 11.6 Å². The number of amides is 1. The molecule has 0 atom stereocenters. The van der Waals surface area contributed by atoms with Crippen LogP contribution in [-0.4, -0.2) is 16.1 Å². The fraction of sp³-hybridized carbons (Fsp3) is 0.167. The van der Waals surface area contributed by atoms with E-state index >= 15 is 0 Å². The molecule has 1 aromatic carbocycles. The average Bonchev–Trinajstić information content (AvgIpc) is 2.74. The lowest BCUT2D eigenvalue weighted by atomic mass is 10.1. The van der Waals surface area contributed by atoms with Gasteiger partial charge in [0.25, 0.3) is 0 Å². The molecule has 0 saturated carbocycles. The van der Waals surface area contributed by atoms with E-state index in [0.717, 1.165) is 5.56 Å². The van der Waals surface area contributed by atoms with Gasteiger partial charge >= 0.3 is 0 Å². The predicted octanol–water partition coefficient (Wildman–Crippen LogP) is 1.90. The van der Waals surface area contributed by atoms with Crippen LogP contribution in [0.1, 0.15) is 11.1 Å². The molecular formula is C12H13N3O. The molecule has 0 unspecified atom stereocenters. The molecule has 0 bridgehead atoms. The molecule has 1 amide bonds. The highest BCUT2D eigenvalue weighted by Gasteiger charge is 2.04. The number of aromatic amines is 1. The van der Waals surface area contributed by atoms with Gasteiger partial charge in [0.1, 0.15) is 0 Å². The summed E-state index contributed by atoms with van der Waals surface area (Å²) in [5.74, 6) is -0.0368. The largest absolute Gasteiger partial charge is 0.323 e. The van der Waals surface area contributed by atoms with Crippen LogP contribution in [0.5, 0.6) is 0 Å². The van der Waals surface area contributed by atoms with Gasteiger partial charge in [-0.05, 0) is 12.5 Å². The van der Waals surface area contributed by atoms with Crippen molar-refractivity contribution in [1.29, 1.82) is 0 Å². The molecule has 0 saturated heterocycles. The molecule has 0 radical (unpaired) electrons. The van der Waals surface area contributed by atoms with Gasteiger partial charge in [-0.25, -0.2) is 0 Å². The summed E-state index contributed by atoms with van der Waals surface area (Å²) in [7, 11) is 0. The second-order valence-electron chi connectivity index (χ2n) is 3.70. The number of aromatic nitrogens is 2. The maximum absolute atomic E-state index is 11.6. The topological polar surface area (TPSA) is 57.8 Å². The van der Waals surface area contributed by atoms with Crippen LogP contribution in [0.15, 0.2) is 36.7 Å². The maximum Gasteiger partial charge on any atom is 0.228 e. The first-order valence-corrected chi connectivity index (χ1v) is 5.08. The first kappa shape index (κ1) is 10.4. The van der Waals surface area contributed by atoms with E-state index in [1.54, 1.807) is 12.4 Å². The van der Waals surface area contributed by atoms with E-state index in [9.17, 15) is 4.79 Å². The second kappa shape index (κ2) is 4.61. The molecule has 2 N–H and O–H groups in total. The molecule has 1 aromatic heterocycles. The average molecular weight is 215 g/mol. The molecule has 0 aliphatic heterocycles. The number of nitrogens with one attached hydrogen (secondary N) is 2. The van der Waals surface area contributed by atoms with E-state index in [-0.39, 0.29) is 5.91 Å². The first-order chi connectivity index (χ1) is 7.74. The number of carbonyl (C=O) groups excluding carboxylic acids is 1. The first-order valence-electron chi connectivity index (χ1n) is 5.08. The van der Waals surface area contributed by atoms with Crippen molar-refractivity contribution in [2.24, 2.45) is 0 Å². The van der Waals surface area contributed by atoms with E-state index < -0.39 is 0 Å². The smallest absolute Gasteiger partial charge is 0.228 e. The maximum atomic E-state index is 11.6. The van der Waals surface area contributed by atoms with Crippen molar-refractivity contribution < 1.29 is 4.79 Å². The minimum Gasteiger partial charge on any atom is -0.323 e. The third-order valence-electron chi connectivity index (χ3n) is 2.27. The molecule has 1 heterocycles. The third-order valence-corrected chi connectivity index (χ3v) is 2.27. The molecule has 2 rings (SSSR count). The van der Waals surface area contributed by atoms with Crippen molar-refractivity contribution in [2.45, 2.75) is 13.3 Å². The number of anilines is 1. The lowest BCUT2D eigenvalue weighted by molar-refractivity contribution is -0.115. The zero-order valence-electron chi connectivity index (χ0n) is 9.03. The Morgan fingerprint density at radius 2 is 2.12 bits per heavy atom. The second-order valence-corrected chi connectivity index (χ2v) is 3.70. The fourth-order valence-corrected chi connectivity index (χ4v) is 1.42. The van der Waals surface area contributed by atoms with Crippen molar-refractivity contribution in [1.82, 2.24) is 10.2 Å². The van der Waals surface area contributed by atoms with E-state index in [1.807, 2.05) is 31.2 Å². The molecule has 0 fully saturated rings. The van der Waals surface area contributed by atoms with Crippen LogP contribution >= 0.6 is 0 Å². The minimum atomic E-state index is -0.0368. The quantitative estimate of drug-likeness (QED) is 0.821. The summed E-state index contributed by atoms with van der Waals surface area (Å²) in [6, 6.07) is 7.93. The number of H-pyrrole nitrogens is 1. The summed E-state index contributed by atoms with van der Waals surface area (Å²) in [4.78, 5) is 11.6. The Bertz CT molecular complexity index is 460. The third kappa shape index (κ3) is 2.70. The van der Waals surface area contributed by atoms with Crippen LogP contribution in [0.4, 0.5) is 5.69 Å². The van der Waals surface area contributed by atoms with Crippen molar-refractivity contribution in [3.05, 3.63) is 47.8 Å². The van der Waals surface area contributed by atoms with Crippen LogP contribution < -0.4 is 5.32 Å². The molecule has 0 spiro atoms. The van der Waals surface area contributed by atoms with Crippen LogP contribution in [0.25, 0.3) is 0 Å². The van der Waals surface area contributed by atoms with Gasteiger partial charge in [-0.15, -0.1) is 0 Å². The molecular weight excluding hydrogens is 202 g/mol. The highest BCUT2D eigenvalue weighted by molar-refractivity contribution is 5.91. The zero-order chi connectivity index (χ0) is 11.4. The fourth-order valence-electron chi connectivity index (χ4n) is 1.42. The summed E-state index contributed by atoms with van der Waals surface area (Å²) in [6.45, 7) is 2.02. The Morgan fingerprint density at radius 1 is 1.38 bits per heavy atom. The summed E-state index contributed by atoms with van der Waals surface area (Å²) >= 11 is 0. The Balaban J connectivity index is 1.95. The number of hydrogen-bond acceptors (Lipinski definition) is 2. The summed E-state index contributed by atoms with van der Waals surface area (Å²) in [5, 5.41) is 9.15. The Hall–Kier alpha value is -2.10. The highest BCUT2D eigenvalue weighted by Crippen LogP contribution is 2.06. The lowest BCUT2D eigenvalue weighted by Crippen LogP contribution is -2.13. The number of nitrogens with zero attached hydrogens (tertiary/aromatic N) is 1. The van der Waals surface area contributed by atoms with Crippen LogP contribution in [-0.2, 0) is 11.2 Å². The summed E-state index contributed by atoms with van der Waals surface area (Å²) in [5.41, 5.74) is 2.89. The Kier molecular flexibility index (Phi) is 3.00. The van der Waals surface area contributed by atoms with Gasteiger partial charge in [0.05, 0.1) is 18.3 Å². The van der Waals surface area contributed by atoms with E-state index in [2.05, 4.69) is 15.5 Å². The number of benzene rings is 1. The normalized spacial score (nSPS) is 10.1. The number of rotatable bonds is 3. The van der Waals surface area contributed by atoms with Crippen molar-refractivity contribution in [3.63, 3.8) is 0 Å². The van der Waals surface area contributed by atoms with Crippen LogP contribution in [0.3, 0.4) is 0 Å². The lowest BCUT2D eigenvalue weighted by Gasteiger charge is -2.02. The Morgan fingerprint density at radius 3 is 2.75 bits per heavy atom. The molecule has 82 valence electrons. The van der Waals surface area contributed by atoms with E-state index in [4.69, 9.17) is 0 Å². The summed E-state index contributed by atoms with van der Waals surface area (Å²) < 4.78 is 0. The number of carbonyl (C=O) groups is 1. The van der Waals surface area contributed by atoms with Gasteiger partial charge in [0.15, 0.2) is 0 Å². The van der Waals surface area contributed by atoms with Crippen LogP contribution in [0.2, 0.25) is 0 Å². The zero-order valence-corrected chi connectivity index (χ0v) is 9.03. The van der Waals surface area contributed by atoms with Crippen molar-refractivity contribution in [3.8, 4) is 0 Å². The van der Waals surface area contributed by atoms with Gasteiger partial charge in [-0.2, -0.15) is 5.10 Å². The molecule has 2 aromatic rings. The van der Waals surface area contributed by atoms with Gasteiger partial charge in [0.2, 0.25) is 5.91 Å². The highest BCUT2D eigenvalue weighted by atomic mass is 16.1. The molecule has 16 heavy (non-hydrogen) atoms. The SMILES string of the molecule is Cc1ccc(CC(=O)Nc2cn[nH]c2)cc1. The molecule has 0 aliphatic rings.